The monoisotopic (exact) mass is 402 g/mol. The fourth-order valence-electron chi connectivity index (χ4n) is 4.02. The van der Waals surface area contributed by atoms with Crippen molar-refractivity contribution >= 4 is 17.7 Å². The van der Waals surface area contributed by atoms with Crippen molar-refractivity contribution in [3.63, 3.8) is 0 Å². The number of nitrogens with zero attached hydrogens (tertiary/aromatic N) is 4. The van der Waals surface area contributed by atoms with E-state index < -0.39 is 0 Å². The van der Waals surface area contributed by atoms with E-state index >= 15 is 0 Å². The van der Waals surface area contributed by atoms with Gasteiger partial charge in [0.25, 0.3) is 5.91 Å². The van der Waals surface area contributed by atoms with E-state index in [0.29, 0.717) is 23.3 Å². The molecule has 1 saturated heterocycles. The lowest BCUT2D eigenvalue weighted by atomic mass is 9.97. The first-order valence-corrected chi connectivity index (χ1v) is 10.7. The molecule has 8 heteroatoms. The zero-order valence-electron chi connectivity index (χ0n) is 16.6. The van der Waals surface area contributed by atoms with Crippen LogP contribution in [0.2, 0.25) is 0 Å². The van der Waals surface area contributed by atoms with Gasteiger partial charge in [0.15, 0.2) is 16.7 Å². The molecule has 4 rings (SSSR count). The third-order valence-corrected chi connectivity index (χ3v) is 6.46. The highest BCUT2D eigenvalue weighted by Gasteiger charge is 2.43. The van der Waals surface area contributed by atoms with Gasteiger partial charge in [-0.2, -0.15) is 4.68 Å². The van der Waals surface area contributed by atoms with Crippen LogP contribution in [-0.2, 0) is 0 Å². The highest BCUT2D eigenvalue weighted by molar-refractivity contribution is 8.00. The van der Waals surface area contributed by atoms with Gasteiger partial charge in [-0.3, -0.25) is 9.69 Å². The zero-order valence-corrected chi connectivity index (χ0v) is 17.4. The second kappa shape index (κ2) is 8.13. The minimum Gasteiger partial charge on any atom is -0.493 e. The molecule has 28 heavy (non-hydrogen) atoms. The summed E-state index contributed by atoms with van der Waals surface area (Å²) in [5.41, 5.74) is 1.07. The van der Waals surface area contributed by atoms with Crippen molar-refractivity contribution in [2.45, 2.75) is 49.6 Å². The maximum absolute atomic E-state index is 13.1. The number of benzene rings is 1. The molecule has 1 fully saturated rings. The Hall–Kier alpha value is -2.06. The largest absolute Gasteiger partial charge is 0.493 e. The van der Waals surface area contributed by atoms with Crippen molar-refractivity contribution in [1.29, 1.82) is 0 Å². The lowest BCUT2D eigenvalue weighted by Gasteiger charge is -2.37. The SMILES string of the molecule is CCOc1ccc(C(C2Sc3nc(C)nn3C2=O)N2CCCCC2)cc1OC. The van der Waals surface area contributed by atoms with Gasteiger partial charge in [-0.25, -0.2) is 4.98 Å². The van der Waals surface area contributed by atoms with Gasteiger partial charge >= 0.3 is 0 Å². The van der Waals surface area contributed by atoms with Crippen molar-refractivity contribution in [1.82, 2.24) is 19.7 Å². The summed E-state index contributed by atoms with van der Waals surface area (Å²) in [4.78, 5) is 20.0. The summed E-state index contributed by atoms with van der Waals surface area (Å²) in [6, 6.07) is 5.96. The van der Waals surface area contributed by atoms with Crippen LogP contribution in [0.1, 0.15) is 48.4 Å². The maximum atomic E-state index is 13.1. The molecule has 0 saturated carbocycles. The Kier molecular flexibility index (Phi) is 5.59. The Labute approximate surface area is 169 Å². The molecule has 0 N–H and O–H groups in total. The van der Waals surface area contributed by atoms with Gasteiger partial charge in [0.2, 0.25) is 0 Å². The van der Waals surface area contributed by atoms with Gasteiger partial charge in [-0.1, -0.05) is 24.2 Å². The molecule has 0 aliphatic carbocycles. The summed E-state index contributed by atoms with van der Waals surface area (Å²) in [5.74, 6) is 2.06. The smallest absolute Gasteiger partial charge is 0.264 e. The Balaban J connectivity index is 1.70. The fourth-order valence-corrected chi connectivity index (χ4v) is 5.32. The maximum Gasteiger partial charge on any atom is 0.264 e. The molecule has 1 aromatic carbocycles. The molecule has 1 aromatic heterocycles. The lowest BCUT2D eigenvalue weighted by Crippen LogP contribution is -2.41. The molecule has 0 spiro atoms. The van der Waals surface area contributed by atoms with Crippen molar-refractivity contribution in [3.05, 3.63) is 29.6 Å². The Bertz CT molecular complexity index is 863. The van der Waals surface area contributed by atoms with E-state index in [1.54, 1.807) is 7.11 Å². The quantitative estimate of drug-likeness (QED) is 0.734. The predicted octanol–water partition coefficient (Wildman–Crippen LogP) is 3.34. The summed E-state index contributed by atoms with van der Waals surface area (Å²) in [5, 5.41) is 4.71. The van der Waals surface area contributed by atoms with Crippen molar-refractivity contribution in [2.24, 2.45) is 0 Å². The topological polar surface area (TPSA) is 69.5 Å². The number of hydrogen-bond donors (Lipinski definition) is 0. The summed E-state index contributed by atoms with van der Waals surface area (Å²) >= 11 is 1.52. The molecular weight excluding hydrogens is 376 g/mol. The van der Waals surface area contributed by atoms with Crippen molar-refractivity contribution < 1.29 is 14.3 Å². The van der Waals surface area contributed by atoms with Crippen LogP contribution in [-0.4, -0.2) is 57.6 Å². The van der Waals surface area contributed by atoms with Crippen LogP contribution >= 0.6 is 11.8 Å². The molecule has 2 aromatic rings. The number of ether oxygens (including phenoxy) is 2. The molecule has 7 nitrogen and oxygen atoms in total. The third-order valence-electron chi connectivity index (χ3n) is 5.27. The third kappa shape index (κ3) is 3.51. The average Bonchev–Trinajstić information content (AvgIpc) is 3.21. The van der Waals surface area contributed by atoms with E-state index in [0.717, 1.165) is 37.2 Å². The molecular formula is C20H26N4O3S. The van der Waals surface area contributed by atoms with Crippen LogP contribution in [0.15, 0.2) is 23.4 Å². The Morgan fingerprint density at radius 1 is 1.25 bits per heavy atom. The first-order chi connectivity index (χ1) is 13.6. The number of piperidine rings is 1. The number of rotatable bonds is 6. The van der Waals surface area contributed by atoms with Crippen LogP contribution < -0.4 is 9.47 Å². The van der Waals surface area contributed by atoms with Crippen LogP contribution in [0.4, 0.5) is 0 Å². The van der Waals surface area contributed by atoms with E-state index in [4.69, 9.17) is 9.47 Å². The van der Waals surface area contributed by atoms with Crippen LogP contribution in [0.3, 0.4) is 0 Å². The molecule has 2 unspecified atom stereocenters. The number of aryl methyl sites for hydroxylation is 1. The number of hydrogen-bond acceptors (Lipinski definition) is 7. The first-order valence-electron chi connectivity index (χ1n) is 9.81. The van der Waals surface area contributed by atoms with Gasteiger partial charge in [-0.15, -0.1) is 5.10 Å². The number of likely N-dealkylation sites (tertiary alicyclic amines) is 1. The van der Waals surface area contributed by atoms with Crippen LogP contribution in [0.25, 0.3) is 0 Å². The van der Waals surface area contributed by atoms with Crippen LogP contribution in [0.5, 0.6) is 11.5 Å². The van der Waals surface area contributed by atoms with Gasteiger partial charge in [-0.05, 0) is 57.5 Å². The van der Waals surface area contributed by atoms with Gasteiger partial charge < -0.3 is 9.47 Å². The number of carbonyl (C=O) groups is 1. The molecule has 2 atom stereocenters. The normalized spacial score (nSPS) is 20.8. The van der Waals surface area contributed by atoms with Crippen molar-refractivity contribution in [3.8, 4) is 11.5 Å². The number of fused-ring (bicyclic) bond motifs is 1. The second-order valence-electron chi connectivity index (χ2n) is 7.11. The van der Waals surface area contributed by atoms with E-state index in [2.05, 4.69) is 21.0 Å². The van der Waals surface area contributed by atoms with E-state index in [1.165, 1.54) is 22.9 Å². The molecule has 3 heterocycles. The summed E-state index contributed by atoms with van der Waals surface area (Å²) in [7, 11) is 1.65. The van der Waals surface area contributed by atoms with Crippen LogP contribution in [0, 0.1) is 6.92 Å². The first kappa shape index (κ1) is 19.3. The average molecular weight is 403 g/mol. The van der Waals surface area contributed by atoms with Gasteiger partial charge in [0, 0.05) is 0 Å². The standard InChI is InChI=1S/C20H26N4O3S/c1-4-27-15-9-8-14(12-16(15)26-3)17(23-10-6-5-7-11-23)18-19(25)24-20(28-18)21-13(2)22-24/h8-9,12,17-18H,4-7,10-11H2,1-3H3. The molecule has 0 radical (unpaired) electrons. The number of carbonyl (C=O) groups excluding carboxylic acids is 1. The molecule has 2 aliphatic rings. The molecule has 150 valence electrons. The Morgan fingerprint density at radius 2 is 2.04 bits per heavy atom. The summed E-state index contributed by atoms with van der Waals surface area (Å²) in [6.45, 7) is 6.31. The van der Waals surface area contributed by atoms with Gasteiger partial charge in [0.05, 0.1) is 19.8 Å². The fraction of sp³-hybridized carbons (Fsp3) is 0.550. The molecule has 0 bridgehead atoms. The predicted molar refractivity (Wildman–Crippen MR) is 107 cm³/mol. The zero-order chi connectivity index (χ0) is 19.7. The molecule has 2 aliphatic heterocycles. The summed E-state index contributed by atoms with van der Waals surface area (Å²) < 4.78 is 12.7. The number of aromatic nitrogens is 3. The molecule has 0 amide bonds. The Morgan fingerprint density at radius 3 is 2.71 bits per heavy atom. The van der Waals surface area contributed by atoms with E-state index in [-0.39, 0.29) is 17.2 Å². The minimum absolute atomic E-state index is 0.00373. The highest BCUT2D eigenvalue weighted by atomic mass is 32.2. The summed E-state index contributed by atoms with van der Waals surface area (Å²) in [6.07, 6.45) is 3.54. The highest BCUT2D eigenvalue weighted by Crippen LogP contribution is 2.43. The lowest BCUT2D eigenvalue weighted by molar-refractivity contribution is 0.0818. The van der Waals surface area contributed by atoms with E-state index in [1.807, 2.05) is 26.0 Å². The van der Waals surface area contributed by atoms with E-state index in [9.17, 15) is 4.79 Å². The number of methoxy groups -OCH3 is 1. The minimum atomic E-state index is -0.267. The van der Waals surface area contributed by atoms with Crippen molar-refractivity contribution in [2.75, 3.05) is 26.8 Å². The van der Waals surface area contributed by atoms with Gasteiger partial charge in [0.1, 0.15) is 11.1 Å². The second-order valence-corrected chi connectivity index (χ2v) is 8.22. The number of thioether (sulfide) groups is 1.